The number of carbonyl (C=O) groups is 1. The molecule has 3 N–H and O–H groups in total. The van der Waals surface area contributed by atoms with E-state index >= 15 is 0 Å². The quantitative estimate of drug-likeness (QED) is 0.670. The van der Waals surface area contributed by atoms with Crippen LogP contribution >= 0.6 is 0 Å². The summed E-state index contributed by atoms with van der Waals surface area (Å²) in [5.74, 6) is 0.660. The highest BCUT2D eigenvalue weighted by Crippen LogP contribution is 2.15. The summed E-state index contributed by atoms with van der Waals surface area (Å²) in [7, 11) is 0. The number of H-pyrrole nitrogens is 1. The van der Waals surface area contributed by atoms with Crippen LogP contribution in [0.3, 0.4) is 0 Å². The zero-order chi connectivity index (χ0) is 10.8. The van der Waals surface area contributed by atoms with Crippen LogP contribution in [0.1, 0.15) is 24.1 Å². The van der Waals surface area contributed by atoms with Gasteiger partial charge in [-0.1, -0.05) is 0 Å². The van der Waals surface area contributed by atoms with E-state index in [-0.39, 0.29) is 11.9 Å². The second-order valence-corrected chi connectivity index (χ2v) is 3.96. The lowest BCUT2D eigenvalue weighted by Crippen LogP contribution is -2.35. The van der Waals surface area contributed by atoms with Gasteiger partial charge in [0.25, 0.3) is 0 Å². The number of nitrogens with one attached hydrogen (secondary N) is 3. The van der Waals surface area contributed by atoms with Crippen molar-refractivity contribution in [1.29, 1.82) is 0 Å². The van der Waals surface area contributed by atoms with Gasteiger partial charge >= 0.3 is 0 Å². The highest BCUT2D eigenvalue weighted by molar-refractivity contribution is 5.94. The fourth-order valence-electron chi connectivity index (χ4n) is 1.72. The lowest BCUT2D eigenvalue weighted by molar-refractivity contribution is -0.117. The average Bonchev–Trinajstić information content (AvgIpc) is 2.83. The molecule has 1 atom stereocenters. The van der Waals surface area contributed by atoms with Gasteiger partial charge < -0.3 is 10.6 Å². The minimum absolute atomic E-state index is 0.0158. The molecular weight excluding hydrogens is 192 g/mol. The van der Waals surface area contributed by atoms with Crippen LogP contribution < -0.4 is 10.6 Å². The molecule has 82 valence electrons. The molecule has 0 aromatic carbocycles. The number of rotatable bonds is 2. The highest BCUT2D eigenvalue weighted by atomic mass is 16.2. The Hall–Kier alpha value is -1.36. The summed E-state index contributed by atoms with van der Waals surface area (Å²) in [5.41, 5.74) is 1.99. The summed E-state index contributed by atoms with van der Waals surface area (Å²) in [4.78, 5) is 11.7. The van der Waals surface area contributed by atoms with Crippen molar-refractivity contribution in [2.24, 2.45) is 0 Å². The molecule has 0 saturated carbocycles. The summed E-state index contributed by atoms with van der Waals surface area (Å²) < 4.78 is 0. The van der Waals surface area contributed by atoms with E-state index in [0.29, 0.717) is 5.82 Å². The Bertz CT molecular complexity index is 365. The summed E-state index contributed by atoms with van der Waals surface area (Å²) in [6, 6.07) is -0.0543. The molecule has 1 aliphatic rings. The Morgan fingerprint density at radius 2 is 2.33 bits per heavy atom. The van der Waals surface area contributed by atoms with E-state index in [1.165, 1.54) is 0 Å². The number of carbonyl (C=O) groups excluding carboxylic acids is 1. The van der Waals surface area contributed by atoms with Gasteiger partial charge in [-0.2, -0.15) is 5.10 Å². The summed E-state index contributed by atoms with van der Waals surface area (Å²) in [6.45, 7) is 4.80. The smallest absolute Gasteiger partial charge is 0.242 e. The van der Waals surface area contributed by atoms with Crippen molar-refractivity contribution in [3.63, 3.8) is 0 Å². The Balaban J connectivity index is 2.02. The van der Waals surface area contributed by atoms with Gasteiger partial charge in [0, 0.05) is 11.3 Å². The van der Waals surface area contributed by atoms with Crippen LogP contribution in [0, 0.1) is 13.8 Å². The summed E-state index contributed by atoms with van der Waals surface area (Å²) in [5, 5.41) is 12.9. The predicted octanol–water partition coefficient (Wildman–Crippen LogP) is 0.717. The number of hydrogen-bond acceptors (Lipinski definition) is 3. The van der Waals surface area contributed by atoms with Crippen molar-refractivity contribution in [3.05, 3.63) is 11.3 Å². The predicted molar refractivity (Wildman–Crippen MR) is 57.7 cm³/mol. The van der Waals surface area contributed by atoms with Crippen molar-refractivity contribution < 1.29 is 4.79 Å². The normalized spacial score (nSPS) is 20.5. The average molecular weight is 208 g/mol. The van der Waals surface area contributed by atoms with Crippen LogP contribution in [0.4, 0.5) is 5.82 Å². The van der Waals surface area contributed by atoms with Crippen molar-refractivity contribution in [3.8, 4) is 0 Å². The Morgan fingerprint density at radius 1 is 1.53 bits per heavy atom. The Kier molecular flexibility index (Phi) is 2.73. The summed E-state index contributed by atoms with van der Waals surface area (Å²) >= 11 is 0. The Labute approximate surface area is 88.6 Å². The molecule has 2 heterocycles. The molecule has 0 radical (unpaired) electrons. The van der Waals surface area contributed by atoms with Gasteiger partial charge in [-0.05, 0) is 33.2 Å². The molecule has 1 fully saturated rings. The zero-order valence-corrected chi connectivity index (χ0v) is 9.05. The molecule has 1 aromatic rings. The monoisotopic (exact) mass is 208 g/mol. The van der Waals surface area contributed by atoms with Gasteiger partial charge in [-0.25, -0.2) is 0 Å². The molecule has 5 heteroatoms. The lowest BCUT2D eigenvalue weighted by Gasteiger charge is -2.09. The van der Waals surface area contributed by atoms with E-state index in [0.717, 1.165) is 30.6 Å². The number of anilines is 1. The van der Waals surface area contributed by atoms with E-state index < -0.39 is 0 Å². The SMILES string of the molecule is Cc1[nH]nc(NC(=O)[C@@H]2CCCN2)c1C. The van der Waals surface area contributed by atoms with Crippen LogP contribution in [-0.4, -0.2) is 28.7 Å². The lowest BCUT2D eigenvalue weighted by atomic mass is 10.2. The highest BCUT2D eigenvalue weighted by Gasteiger charge is 2.23. The number of nitrogens with zero attached hydrogens (tertiary/aromatic N) is 1. The van der Waals surface area contributed by atoms with Crippen LogP contribution in [-0.2, 0) is 4.79 Å². The molecule has 0 bridgehead atoms. The van der Waals surface area contributed by atoms with Crippen molar-refractivity contribution in [1.82, 2.24) is 15.5 Å². The van der Waals surface area contributed by atoms with E-state index in [1.807, 2.05) is 13.8 Å². The van der Waals surface area contributed by atoms with Gasteiger partial charge in [0.15, 0.2) is 5.82 Å². The molecule has 1 amide bonds. The second kappa shape index (κ2) is 4.02. The number of aromatic amines is 1. The van der Waals surface area contributed by atoms with Gasteiger partial charge in [-0.3, -0.25) is 9.89 Å². The summed E-state index contributed by atoms with van der Waals surface area (Å²) in [6.07, 6.45) is 1.98. The maximum absolute atomic E-state index is 11.7. The Morgan fingerprint density at radius 3 is 2.87 bits per heavy atom. The zero-order valence-electron chi connectivity index (χ0n) is 9.05. The largest absolute Gasteiger partial charge is 0.308 e. The van der Waals surface area contributed by atoms with Crippen LogP contribution in [0.5, 0.6) is 0 Å². The molecule has 1 saturated heterocycles. The van der Waals surface area contributed by atoms with Crippen molar-refractivity contribution >= 4 is 11.7 Å². The molecule has 0 aliphatic carbocycles. The van der Waals surface area contributed by atoms with E-state index in [4.69, 9.17) is 0 Å². The maximum atomic E-state index is 11.7. The molecule has 2 rings (SSSR count). The first-order valence-corrected chi connectivity index (χ1v) is 5.24. The van der Waals surface area contributed by atoms with E-state index in [9.17, 15) is 4.79 Å². The third-order valence-electron chi connectivity index (χ3n) is 2.87. The molecule has 5 nitrogen and oxygen atoms in total. The first kappa shape index (κ1) is 10.2. The van der Waals surface area contributed by atoms with Gasteiger partial charge in [0.2, 0.25) is 5.91 Å². The molecule has 1 aliphatic heterocycles. The van der Waals surface area contributed by atoms with Crippen molar-refractivity contribution in [2.75, 3.05) is 11.9 Å². The first-order valence-electron chi connectivity index (χ1n) is 5.24. The molecule has 1 aromatic heterocycles. The molecule has 15 heavy (non-hydrogen) atoms. The number of amides is 1. The third kappa shape index (κ3) is 2.02. The van der Waals surface area contributed by atoms with Gasteiger partial charge in [0.05, 0.1) is 6.04 Å². The van der Waals surface area contributed by atoms with Crippen LogP contribution in [0.2, 0.25) is 0 Å². The van der Waals surface area contributed by atoms with Crippen LogP contribution in [0.15, 0.2) is 0 Å². The minimum Gasteiger partial charge on any atom is -0.308 e. The third-order valence-corrected chi connectivity index (χ3v) is 2.87. The van der Waals surface area contributed by atoms with E-state index in [2.05, 4.69) is 20.8 Å². The fourth-order valence-corrected chi connectivity index (χ4v) is 1.72. The maximum Gasteiger partial charge on any atom is 0.242 e. The standard InChI is InChI=1S/C10H16N4O/c1-6-7(2)13-14-9(6)12-10(15)8-4-3-5-11-8/h8,11H,3-5H2,1-2H3,(H2,12,13,14,15)/t8-/m0/s1. The van der Waals surface area contributed by atoms with E-state index in [1.54, 1.807) is 0 Å². The topological polar surface area (TPSA) is 69.8 Å². The molecule has 0 spiro atoms. The number of aryl methyl sites for hydroxylation is 1. The van der Waals surface area contributed by atoms with Crippen LogP contribution in [0.25, 0.3) is 0 Å². The fraction of sp³-hybridized carbons (Fsp3) is 0.600. The molecular formula is C10H16N4O. The van der Waals surface area contributed by atoms with Gasteiger partial charge in [0.1, 0.15) is 0 Å². The van der Waals surface area contributed by atoms with Crippen molar-refractivity contribution in [2.45, 2.75) is 32.7 Å². The first-order chi connectivity index (χ1) is 7.18. The van der Waals surface area contributed by atoms with Gasteiger partial charge in [-0.15, -0.1) is 0 Å². The number of aromatic nitrogens is 2. The number of hydrogen-bond donors (Lipinski definition) is 3. The molecule has 0 unspecified atom stereocenters. The minimum atomic E-state index is -0.0543. The second-order valence-electron chi connectivity index (χ2n) is 3.96.